The maximum absolute atomic E-state index is 11.2. The summed E-state index contributed by atoms with van der Waals surface area (Å²) >= 11 is 0. The second kappa shape index (κ2) is 6.88. The van der Waals surface area contributed by atoms with Crippen molar-refractivity contribution in [3.8, 4) is 0 Å². The van der Waals surface area contributed by atoms with E-state index in [1.54, 1.807) is 12.1 Å². The molecule has 0 unspecified atom stereocenters. The monoisotopic (exact) mass is 284 g/mol. The van der Waals surface area contributed by atoms with Crippen LogP contribution in [0.4, 0.5) is 5.82 Å². The Bertz CT molecular complexity index is 611. The average molecular weight is 284 g/mol. The maximum Gasteiger partial charge on any atom is 0.335 e. The Morgan fingerprint density at radius 2 is 1.95 bits per heavy atom. The van der Waals surface area contributed by atoms with Gasteiger partial charge in [0, 0.05) is 19.3 Å². The molecule has 1 aromatic heterocycles. The van der Waals surface area contributed by atoms with Crippen LogP contribution in [0.5, 0.6) is 0 Å². The first kappa shape index (κ1) is 15.0. The van der Waals surface area contributed by atoms with E-state index in [-0.39, 0.29) is 0 Å². The van der Waals surface area contributed by atoms with Crippen LogP contribution in [0.15, 0.2) is 42.5 Å². The topological polar surface area (TPSA) is 53.4 Å². The highest BCUT2D eigenvalue weighted by atomic mass is 16.4. The highest BCUT2D eigenvalue weighted by Gasteiger charge is 2.11. The summed E-state index contributed by atoms with van der Waals surface area (Å²) in [6.45, 7) is 2.75. The molecule has 0 aliphatic carbocycles. The molecular formula is C17H20N2O2. The molecule has 2 aromatic rings. The molecule has 0 radical (unpaired) electrons. The number of carboxylic acid groups (broad SMARTS) is 1. The summed E-state index contributed by atoms with van der Waals surface area (Å²) in [6.07, 6.45) is 1.73. The minimum absolute atomic E-state index is 0.295. The summed E-state index contributed by atoms with van der Waals surface area (Å²) in [6, 6.07) is 13.3. The predicted octanol–water partition coefficient (Wildman–Crippen LogP) is 3.37. The van der Waals surface area contributed by atoms with E-state index in [4.69, 9.17) is 0 Å². The normalized spacial score (nSPS) is 10.4. The van der Waals surface area contributed by atoms with Crippen molar-refractivity contribution in [2.75, 3.05) is 11.9 Å². The molecule has 21 heavy (non-hydrogen) atoms. The van der Waals surface area contributed by atoms with Gasteiger partial charge in [0.05, 0.1) is 5.56 Å². The van der Waals surface area contributed by atoms with E-state index in [9.17, 15) is 9.90 Å². The zero-order valence-corrected chi connectivity index (χ0v) is 12.4. The van der Waals surface area contributed by atoms with Crippen LogP contribution < -0.4 is 4.90 Å². The Morgan fingerprint density at radius 3 is 2.57 bits per heavy atom. The van der Waals surface area contributed by atoms with Crippen LogP contribution in [0.2, 0.25) is 0 Å². The number of pyridine rings is 1. The van der Waals surface area contributed by atoms with Crippen LogP contribution in [0.3, 0.4) is 0 Å². The summed E-state index contributed by atoms with van der Waals surface area (Å²) in [4.78, 5) is 17.8. The molecule has 1 aromatic carbocycles. The maximum atomic E-state index is 11.2. The van der Waals surface area contributed by atoms with Crippen LogP contribution >= 0.6 is 0 Å². The Hall–Kier alpha value is -2.36. The lowest BCUT2D eigenvalue weighted by molar-refractivity contribution is 0.0696. The number of anilines is 1. The minimum Gasteiger partial charge on any atom is -0.478 e. The number of hydrogen-bond donors (Lipinski definition) is 1. The molecular weight excluding hydrogens is 264 g/mol. The van der Waals surface area contributed by atoms with Crippen molar-refractivity contribution in [1.29, 1.82) is 0 Å². The first-order valence-corrected chi connectivity index (χ1v) is 7.09. The Kier molecular flexibility index (Phi) is 4.93. The smallest absolute Gasteiger partial charge is 0.335 e. The van der Waals surface area contributed by atoms with Gasteiger partial charge in [-0.25, -0.2) is 9.78 Å². The second-order valence-electron chi connectivity index (χ2n) is 5.10. The van der Waals surface area contributed by atoms with E-state index in [1.807, 2.05) is 42.3 Å². The molecule has 0 saturated carbocycles. The number of nitrogens with zero attached hydrogens (tertiary/aromatic N) is 2. The van der Waals surface area contributed by atoms with Crippen LogP contribution in [0.25, 0.3) is 0 Å². The van der Waals surface area contributed by atoms with Crippen molar-refractivity contribution in [2.45, 2.75) is 26.3 Å². The Balaban J connectivity index is 2.26. The lowest BCUT2D eigenvalue weighted by Crippen LogP contribution is -2.19. The van der Waals surface area contributed by atoms with Gasteiger partial charge < -0.3 is 10.0 Å². The number of aryl methyl sites for hydroxylation is 1. The van der Waals surface area contributed by atoms with Gasteiger partial charge in [0.1, 0.15) is 5.82 Å². The summed E-state index contributed by atoms with van der Waals surface area (Å²) in [5.74, 6) is -0.216. The zero-order chi connectivity index (χ0) is 15.2. The number of aromatic carboxylic acids is 1. The molecule has 4 nitrogen and oxygen atoms in total. The van der Waals surface area contributed by atoms with Gasteiger partial charge in [-0.05, 0) is 24.1 Å². The standard InChI is InChI=1S/C17H20N2O2/c1-3-7-15-10-14(17(20)21)11-16(18-15)19(2)12-13-8-5-4-6-9-13/h4-6,8-11H,3,7,12H2,1-2H3,(H,20,21). The van der Waals surface area contributed by atoms with Crippen molar-refractivity contribution in [1.82, 2.24) is 4.98 Å². The van der Waals surface area contributed by atoms with E-state index in [2.05, 4.69) is 11.9 Å². The fraction of sp³-hybridized carbons (Fsp3) is 0.294. The third kappa shape index (κ3) is 4.05. The lowest BCUT2D eigenvalue weighted by Gasteiger charge is -2.19. The highest BCUT2D eigenvalue weighted by Crippen LogP contribution is 2.17. The molecule has 1 heterocycles. The van der Waals surface area contributed by atoms with Gasteiger partial charge in [0.25, 0.3) is 0 Å². The van der Waals surface area contributed by atoms with E-state index >= 15 is 0 Å². The lowest BCUT2D eigenvalue weighted by atomic mass is 10.1. The number of rotatable bonds is 6. The molecule has 0 saturated heterocycles. The van der Waals surface area contributed by atoms with Gasteiger partial charge in [-0.1, -0.05) is 43.7 Å². The van der Waals surface area contributed by atoms with E-state index < -0.39 is 5.97 Å². The summed E-state index contributed by atoms with van der Waals surface area (Å²) < 4.78 is 0. The second-order valence-corrected chi connectivity index (χ2v) is 5.10. The van der Waals surface area contributed by atoms with Gasteiger partial charge in [0.2, 0.25) is 0 Å². The van der Waals surface area contributed by atoms with Crippen molar-refractivity contribution < 1.29 is 9.90 Å². The molecule has 0 aliphatic heterocycles. The van der Waals surface area contributed by atoms with Crippen LogP contribution in [0.1, 0.15) is 35.0 Å². The van der Waals surface area contributed by atoms with E-state index in [1.165, 1.54) is 5.56 Å². The molecule has 0 atom stereocenters. The summed E-state index contributed by atoms with van der Waals surface area (Å²) in [5.41, 5.74) is 2.29. The zero-order valence-electron chi connectivity index (χ0n) is 12.4. The van der Waals surface area contributed by atoms with E-state index in [0.29, 0.717) is 17.9 Å². The van der Waals surface area contributed by atoms with Gasteiger partial charge in [0.15, 0.2) is 0 Å². The van der Waals surface area contributed by atoms with Gasteiger partial charge in [-0.2, -0.15) is 0 Å². The van der Waals surface area contributed by atoms with Crippen LogP contribution in [-0.4, -0.2) is 23.1 Å². The highest BCUT2D eigenvalue weighted by molar-refractivity contribution is 5.88. The van der Waals surface area contributed by atoms with Gasteiger partial charge in [-0.15, -0.1) is 0 Å². The molecule has 2 rings (SSSR count). The molecule has 0 amide bonds. The van der Waals surface area contributed by atoms with Crippen molar-refractivity contribution in [3.63, 3.8) is 0 Å². The van der Waals surface area contributed by atoms with Crippen molar-refractivity contribution >= 4 is 11.8 Å². The largest absolute Gasteiger partial charge is 0.478 e. The third-order valence-corrected chi connectivity index (χ3v) is 3.27. The van der Waals surface area contributed by atoms with Gasteiger partial charge >= 0.3 is 5.97 Å². The number of carbonyl (C=O) groups is 1. The first-order chi connectivity index (χ1) is 10.1. The van der Waals surface area contributed by atoms with Crippen molar-refractivity contribution in [2.24, 2.45) is 0 Å². The average Bonchev–Trinajstić information content (AvgIpc) is 2.48. The minimum atomic E-state index is -0.913. The van der Waals surface area contributed by atoms with Crippen LogP contribution in [-0.2, 0) is 13.0 Å². The Labute approximate surface area is 125 Å². The molecule has 0 fully saturated rings. The quantitative estimate of drug-likeness (QED) is 0.883. The molecule has 110 valence electrons. The summed E-state index contributed by atoms with van der Waals surface area (Å²) in [5, 5.41) is 9.23. The third-order valence-electron chi connectivity index (χ3n) is 3.27. The van der Waals surface area contributed by atoms with Crippen LogP contribution in [0, 0.1) is 0 Å². The van der Waals surface area contributed by atoms with E-state index in [0.717, 1.165) is 18.5 Å². The Morgan fingerprint density at radius 1 is 1.24 bits per heavy atom. The number of hydrogen-bond acceptors (Lipinski definition) is 3. The molecule has 0 spiro atoms. The summed E-state index contributed by atoms with van der Waals surface area (Å²) in [7, 11) is 1.93. The number of aromatic nitrogens is 1. The van der Waals surface area contributed by atoms with Crippen molar-refractivity contribution in [3.05, 3.63) is 59.3 Å². The number of benzene rings is 1. The predicted molar refractivity (Wildman–Crippen MR) is 83.7 cm³/mol. The molecule has 1 N–H and O–H groups in total. The SMILES string of the molecule is CCCc1cc(C(=O)O)cc(N(C)Cc2ccccc2)n1. The fourth-order valence-corrected chi connectivity index (χ4v) is 2.21. The number of carboxylic acids is 1. The van der Waals surface area contributed by atoms with Gasteiger partial charge in [-0.3, -0.25) is 0 Å². The first-order valence-electron chi connectivity index (χ1n) is 7.09. The molecule has 4 heteroatoms. The molecule has 0 bridgehead atoms. The fourth-order valence-electron chi connectivity index (χ4n) is 2.21. The molecule has 0 aliphatic rings.